The van der Waals surface area contributed by atoms with Gasteiger partial charge >= 0.3 is 34.1 Å². The molecule has 0 amide bonds. The molecule has 0 unspecified atom stereocenters. The van der Waals surface area contributed by atoms with E-state index < -0.39 is 34.1 Å². The van der Waals surface area contributed by atoms with E-state index in [0.717, 1.165) is 71.9 Å². The lowest BCUT2D eigenvalue weighted by molar-refractivity contribution is 0.502. The van der Waals surface area contributed by atoms with E-state index in [1.165, 1.54) is 42.0 Å². The van der Waals surface area contributed by atoms with Gasteiger partial charge in [0.25, 0.3) is 12.5 Å². The molecule has 0 saturated heterocycles. The molecular formula is C73H58N10O10. The maximum atomic E-state index is 14.2. The minimum Gasteiger partial charge on any atom is -0.388 e. The van der Waals surface area contributed by atoms with Crippen molar-refractivity contribution < 1.29 is 19.1 Å². The van der Waals surface area contributed by atoms with E-state index in [9.17, 15) is 38.4 Å². The summed E-state index contributed by atoms with van der Waals surface area (Å²) in [6.45, 7) is 9.18. The van der Waals surface area contributed by atoms with Crippen LogP contribution in [0.4, 0.5) is 11.4 Å². The first kappa shape index (κ1) is 64.6. The second kappa shape index (κ2) is 28.5. The SMILES string of the molecule is C.Cc1ccc(-n2c(=O)n(-c3ccc(C)c(N=C=O)c3)c(=O)n(-c3ccc(C)c(OC#N)c3)c2=O)cc1C.Cc1ccc(Cc2ccc(-n3c(=O)n(-c4ccc(Cc5ccc(N=C=O)cc5)cc4)c(=O)n(-c4ccc(Cc5ccc(OC#N)cc5)cc4)c3=O)cc2)cc1. The quantitative estimate of drug-likeness (QED) is 0.0497. The Kier molecular flexibility index (Phi) is 19.8. The molecule has 0 fully saturated rings. The Morgan fingerprint density at radius 3 is 1.05 bits per heavy atom. The summed E-state index contributed by atoms with van der Waals surface area (Å²) in [6, 6.07) is 57.8. The third-order valence-electron chi connectivity index (χ3n) is 15.4. The molecule has 9 aromatic carbocycles. The number of isocyanates is 2. The summed E-state index contributed by atoms with van der Waals surface area (Å²) in [5.74, 6) is 0.597. The van der Waals surface area contributed by atoms with Gasteiger partial charge in [0, 0.05) is 6.07 Å². The summed E-state index contributed by atoms with van der Waals surface area (Å²) in [7, 11) is 0. The fourth-order valence-electron chi connectivity index (χ4n) is 10.2. The molecule has 20 nitrogen and oxygen atoms in total. The Hall–Kier alpha value is -12.9. The Morgan fingerprint density at radius 1 is 0.344 bits per heavy atom. The first-order chi connectivity index (χ1) is 44.5. The van der Waals surface area contributed by atoms with E-state index in [4.69, 9.17) is 20.0 Å². The number of carbonyl (C=O) groups excluding carboxylic acids is 2. The van der Waals surface area contributed by atoms with Gasteiger partial charge in [-0.3, -0.25) is 0 Å². The van der Waals surface area contributed by atoms with Gasteiger partial charge < -0.3 is 9.47 Å². The largest absolute Gasteiger partial charge is 0.388 e. The molecule has 0 N–H and O–H groups in total. The van der Waals surface area contributed by atoms with Gasteiger partial charge in [0.15, 0.2) is 0 Å². The zero-order valence-electron chi connectivity index (χ0n) is 50.2. The predicted molar refractivity (Wildman–Crippen MR) is 353 cm³/mol. The first-order valence-corrected chi connectivity index (χ1v) is 28.6. The zero-order valence-corrected chi connectivity index (χ0v) is 50.2. The molecule has 0 radical (unpaired) electrons. The lowest BCUT2D eigenvalue weighted by Gasteiger charge is -2.16. The highest BCUT2D eigenvalue weighted by Gasteiger charge is 2.23. The summed E-state index contributed by atoms with van der Waals surface area (Å²) in [5, 5.41) is 17.7. The second-order valence-corrected chi connectivity index (χ2v) is 21.5. The van der Waals surface area contributed by atoms with Crippen LogP contribution >= 0.6 is 0 Å². The molecule has 0 saturated carbocycles. The monoisotopic (exact) mass is 1230 g/mol. The van der Waals surface area contributed by atoms with Gasteiger partial charge in [-0.25, -0.2) is 65.8 Å². The number of benzene rings is 9. The number of aryl methyl sites for hydroxylation is 5. The number of hydrogen-bond donors (Lipinski definition) is 0. The molecule has 0 atom stereocenters. The molecule has 2 aromatic heterocycles. The number of hydrogen-bond acceptors (Lipinski definition) is 14. The molecular weight excluding hydrogens is 1180 g/mol. The third-order valence-corrected chi connectivity index (χ3v) is 15.4. The van der Waals surface area contributed by atoms with Crippen molar-refractivity contribution in [3.63, 3.8) is 0 Å². The zero-order chi connectivity index (χ0) is 65.2. The van der Waals surface area contributed by atoms with Gasteiger partial charge in [0.2, 0.25) is 12.2 Å². The summed E-state index contributed by atoms with van der Waals surface area (Å²) >= 11 is 0. The molecule has 0 aliphatic rings. The van der Waals surface area contributed by atoms with Crippen LogP contribution in [0.1, 0.15) is 68.6 Å². The summed E-state index contributed by atoms with van der Waals surface area (Å²) in [5.41, 5.74) is 7.08. The van der Waals surface area contributed by atoms with Crippen LogP contribution in [0.15, 0.2) is 239 Å². The van der Waals surface area contributed by atoms with E-state index in [-0.39, 0.29) is 35.9 Å². The van der Waals surface area contributed by atoms with Crippen molar-refractivity contribution in [3.8, 4) is 58.1 Å². The average Bonchev–Trinajstić information content (AvgIpc) is 0.774. The molecule has 0 aliphatic heterocycles. The van der Waals surface area contributed by atoms with E-state index in [1.54, 1.807) is 117 Å². The number of aliphatic imine (C=N–C) groups is 2. The van der Waals surface area contributed by atoms with Crippen LogP contribution in [0.3, 0.4) is 0 Å². The van der Waals surface area contributed by atoms with Gasteiger partial charge in [-0.2, -0.15) is 9.98 Å². The molecule has 11 aromatic rings. The van der Waals surface area contributed by atoms with Crippen molar-refractivity contribution in [2.45, 2.75) is 61.3 Å². The lowest BCUT2D eigenvalue weighted by atomic mass is 10.0. The third kappa shape index (κ3) is 14.2. The highest BCUT2D eigenvalue weighted by Crippen LogP contribution is 2.25. The smallest absolute Gasteiger partial charge is 0.345 e. The van der Waals surface area contributed by atoms with Crippen molar-refractivity contribution in [1.29, 1.82) is 10.5 Å². The highest BCUT2D eigenvalue weighted by atomic mass is 16.5. The van der Waals surface area contributed by atoms with E-state index in [0.29, 0.717) is 58.9 Å². The molecule has 0 aliphatic carbocycles. The van der Waals surface area contributed by atoms with Crippen molar-refractivity contribution >= 4 is 23.5 Å². The molecule has 93 heavy (non-hydrogen) atoms. The normalized spacial score (nSPS) is 10.5. The van der Waals surface area contributed by atoms with Gasteiger partial charge in [0.1, 0.15) is 11.5 Å². The van der Waals surface area contributed by atoms with Crippen LogP contribution in [0.25, 0.3) is 34.1 Å². The first-order valence-electron chi connectivity index (χ1n) is 28.6. The average molecular weight is 1240 g/mol. The minimum atomic E-state index is -0.952. The van der Waals surface area contributed by atoms with Crippen molar-refractivity contribution in [3.05, 3.63) is 324 Å². The molecule has 0 spiro atoms. The summed E-state index contributed by atoms with van der Waals surface area (Å²) in [4.78, 5) is 113. The van der Waals surface area contributed by atoms with Crippen LogP contribution in [0, 0.1) is 57.7 Å². The Labute approximate surface area is 531 Å². The molecule has 2 heterocycles. The Balaban J connectivity index is 0.000000234. The standard InChI is InChI=1S/C45H33N5O5.C27H21N5O5.CH4/c1-31-2-4-32(5-3-31)26-34-8-18-39(19-9-34)48-43(52)49(40-20-10-35(11-21-40)27-33-6-16-38(17-7-33)47-30-51)45(54)50(44(48)53)41-22-12-36(13-23-41)28-37-14-24-42(25-15-37)55-29-46;1-16-5-8-20(11-19(16)4)30-25(34)31(21-9-6-17(2)23(12-21)29-15-33)27(36)32(26(30)35)22-10-7-18(3)24(13-22)37-14-28;/h2-25H,26-28H2,1H3;5-13H,1-4H3;1H4. The number of aromatic nitrogens is 6. The predicted octanol–water partition coefficient (Wildman–Crippen LogP) is 10.9. The number of rotatable bonds is 16. The van der Waals surface area contributed by atoms with Crippen LogP contribution in [0.2, 0.25) is 0 Å². The van der Waals surface area contributed by atoms with Crippen LogP contribution in [-0.2, 0) is 28.9 Å². The summed E-state index contributed by atoms with van der Waals surface area (Å²) in [6.07, 6.45) is 8.02. The summed E-state index contributed by atoms with van der Waals surface area (Å²) < 4.78 is 15.4. The van der Waals surface area contributed by atoms with Gasteiger partial charge in [-0.05, 0) is 201 Å². The van der Waals surface area contributed by atoms with Crippen LogP contribution in [-0.4, -0.2) is 39.6 Å². The number of nitrogens with zero attached hydrogens (tertiary/aromatic N) is 10. The van der Waals surface area contributed by atoms with E-state index >= 15 is 0 Å². The Bertz CT molecular complexity index is 5210. The fourth-order valence-corrected chi connectivity index (χ4v) is 10.2. The second-order valence-electron chi connectivity index (χ2n) is 21.5. The maximum Gasteiger partial charge on any atom is 0.345 e. The Morgan fingerprint density at radius 2 is 0.667 bits per heavy atom. The highest BCUT2D eigenvalue weighted by molar-refractivity contribution is 5.58. The van der Waals surface area contributed by atoms with Gasteiger partial charge in [-0.15, -0.1) is 10.5 Å². The number of nitriles is 2. The topological polar surface area (TPSA) is 257 Å². The molecule has 0 bridgehead atoms. The maximum absolute atomic E-state index is 14.2. The molecule has 20 heteroatoms. The van der Waals surface area contributed by atoms with E-state index in [2.05, 4.69) is 34.3 Å². The molecule has 460 valence electrons. The van der Waals surface area contributed by atoms with Crippen molar-refractivity contribution in [1.82, 2.24) is 27.4 Å². The van der Waals surface area contributed by atoms with Gasteiger partial charge in [0.05, 0.1) is 45.5 Å². The van der Waals surface area contributed by atoms with Crippen LogP contribution in [0.5, 0.6) is 11.5 Å². The fraction of sp³-hybridized carbons (Fsp3) is 0.123. The van der Waals surface area contributed by atoms with Crippen LogP contribution < -0.4 is 43.6 Å². The van der Waals surface area contributed by atoms with Crippen molar-refractivity contribution in [2.75, 3.05) is 0 Å². The minimum absolute atomic E-state index is 0. The lowest BCUT2D eigenvalue weighted by Crippen LogP contribution is -2.52. The van der Waals surface area contributed by atoms with Crippen molar-refractivity contribution in [2.24, 2.45) is 9.98 Å². The van der Waals surface area contributed by atoms with E-state index in [1.807, 2.05) is 81.4 Å². The van der Waals surface area contributed by atoms with Gasteiger partial charge in [-0.1, -0.05) is 116 Å². The molecule has 11 rings (SSSR count). The number of ether oxygens (including phenoxy) is 2.